The molecule has 0 radical (unpaired) electrons. The van der Waals surface area contributed by atoms with Gasteiger partial charge in [-0.3, -0.25) is 4.79 Å². The second-order valence-electron chi connectivity index (χ2n) is 2.34. The van der Waals surface area contributed by atoms with Gasteiger partial charge in [0.2, 0.25) is 5.91 Å². The van der Waals surface area contributed by atoms with Crippen LogP contribution >= 0.6 is 0 Å². The zero-order valence-corrected chi connectivity index (χ0v) is 7.39. The minimum Gasteiger partial charge on any atom is -0.383 e. The first-order valence-electron chi connectivity index (χ1n) is 3.60. The number of carbonyl (C=O) groups is 1. The first-order chi connectivity index (χ1) is 5.22. The van der Waals surface area contributed by atoms with Gasteiger partial charge in [0.05, 0.1) is 13.2 Å². The van der Waals surface area contributed by atoms with Crippen molar-refractivity contribution >= 4 is 5.91 Å². The number of nitrogens with zero attached hydrogens (tertiary/aromatic N) is 1. The monoisotopic (exact) mass is 160 g/mol. The number of hydrogen-bond donors (Lipinski definition) is 1. The molecule has 0 aliphatic heterocycles. The minimum atomic E-state index is 0.0875. The van der Waals surface area contributed by atoms with Gasteiger partial charge in [0, 0.05) is 20.7 Å². The molecule has 0 aromatic heterocycles. The van der Waals surface area contributed by atoms with E-state index in [1.54, 1.807) is 26.1 Å². The fraction of sp³-hybridized carbons (Fsp3) is 0.857. The molecule has 0 aliphatic rings. The molecule has 1 N–H and O–H groups in total. The molecule has 0 saturated carbocycles. The maximum absolute atomic E-state index is 11.1. The number of carbonyl (C=O) groups excluding carboxylic acids is 1. The van der Waals surface area contributed by atoms with Gasteiger partial charge >= 0.3 is 0 Å². The van der Waals surface area contributed by atoms with Gasteiger partial charge in [0.25, 0.3) is 0 Å². The molecule has 0 unspecified atom stereocenters. The van der Waals surface area contributed by atoms with E-state index < -0.39 is 0 Å². The summed E-state index contributed by atoms with van der Waals surface area (Å²) >= 11 is 0. The van der Waals surface area contributed by atoms with E-state index in [2.05, 4.69) is 5.32 Å². The fourth-order valence-electron chi connectivity index (χ4n) is 0.639. The Hall–Kier alpha value is -0.610. The maximum atomic E-state index is 11.1. The summed E-state index contributed by atoms with van der Waals surface area (Å²) in [4.78, 5) is 12.7. The summed E-state index contributed by atoms with van der Waals surface area (Å²) in [5.41, 5.74) is 0. The first-order valence-corrected chi connectivity index (χ1v) is 3.60. The highest BCUT2D eigenvalue weighted by atomic mass is 16.5. The van der Waals surface area contributed by atoms with Crippen molar-refractivity contribution in [3.63, 3.8) is 0 Å². The maximum Gasteiger partial charge on any atom is 0.236 e. The topological polar surface area (TPSA) is 41.6 Å². The molecule has 0 aromatic carbocycles. The summed E-state index contributed by atoms with van der Waals surface area (Å²) in [6, 6.07) is 0. The summed E-state index contributed by atoms with van der Waals surface area (Å²) in [7, 11) is 5.14. The molecule has 4 heteroatoms. The lowest BCUT2D eigenvalue weighted by molar-refractivity contribution is -0.129. The predicted octanol–water partition coefficient (Wildman–Crippen LogP) is -0.689. The van der Waals surface area contributed by atoms with Crippen molar-refractivity contribution in [3.05, 3.63) is 0 Å². The van der Waals surface area contributed by atoms with E-state index in [9.17, 15) is 4.79 Å². The van der Waals surface area contributed by atoms with E-state index in [-0.39, 0.29) is 5.91 Å². The number of hydrogen-bond acceptors (Lipinski definition) is 3. The number of nitrogens with one attached hydrogen (secondary N) is 1. The Bertz CT molecular complexity index is 117. The highest BCUT2D eigenvalue weighted by molar-refractivity contribution is 5.77. The number of ether oxygens (including phenoxy) is 1. The van der Waals surface area contributed by atoms with E-state index in [1.807, 2.05) is 0 Å². The summed E-state index contributed by atoms with van der Waals surface area (Å²) in [5, 5.41) is 2.79. The Morgan fingerprint density at radius 2 is 2.27 bits per heavy atom. The lowest BCUT2D eigenvalue weighted by Crippen LogP contribution is -2.36. The van der Waals surface area contributed by atoms with Crippen molar-refractivity contribution in [2.45, 2.75) is 0 Å². The van der Waals surface area contributed by atoms with Crippen LogP contribution in [0.5, 0.6) is 0 Å². The number of amides is 1. The van der Waals surface area contributed by atoms with Crippen LogP contribution in [0, 0.1) is 0 Å². The predicted molar refractivity (Wildman–Crippen MR) is 43.4 cm³/mol. The lowest BCUT2D eigenvalue weighted by Gasteiger charge is -2.15. The van der Waals surface area contributed by atoms with Crippen LogP contribution in [0.25, 0.3) is 0 Å². The first kappa shape index (κ1) is 10.4. The van der Waals surface area contributed by atoms with Crippen LogP contribution < -0.4 is 5.32 Å². The largest absolute Gasteiger partial charge is 0.383 e. The third-order valence-electron chi connectivity index (χ3n) is 1.38. The zero-order chi connectivity index (χ0) is 8.69. The standard InChI is InChI=1S/C7H16N2O2/c1-8-6-7(10)9(2)4-5-11-3/h8H,4-6H2,1-3H3. The average molecular weight is 160 g/mol. The van der Waals surface area contributed by atoms with Gasteiger partial charge < -0.3 is 15.0 Å². The summed E-state index contributed by atoms with van der Waals surface area (Å²) in [6.45, 7) is 1.63. The Kier molecular flexibility index (Phi) is 5.78. The Morgan fingerprint density at radius 1 is 1.64 bits per heavy atom. The fourth-order valence-corrected chi connectivity index (χ4v) is 0.639. The van der Waals surface area contributed by atoms with Crippen molar-refractivity contribution < 1.29 is 9.53 Å². The molecular formula is C7H16N2O2. The average Bonchev–Trinajstić information content (AvgIpc) is 2.00. The molecule has 0 rings (SSSR count). The van der Waals surface area contributed by atoms with Crippen LogP contribution in [0.2, 0.25) is 0 Å². The van der Waals surface area contributed by atoms with Gasteiger partial charge in [-0.05, 0) is 7.05 Å². The van der Waals surface area contributed by atoms with Crippen molar-refractivity contribution in [3.8, 4) is 0 Å². The van der Waals surface area contributed by atoms with Crippen LogP contribution in [-0.4, -0.2) is 51.7 Å². The normalized spacial score (nSPS) is 9.73. The quantitative estimate of drug-likeness (QED) is 0.579. The molecular weight excluding hydrogens is 144 g/mol. The van der Waals surface area contributed by atoms with Gasteiger partial charge in [0.1, 0.15) is 0 Å². The Labute approximate surface area is 67.5 Å². The minimum absolute atomic E-state index is 0.0875. The van der Waals surface area contributed by atoms with Gasteiger partial charge in [-0.25, -0.2) is 0 Å². The molecule has 0 saturated heterocycles. The van der Waals surface area contributed by atoms with E-state index >= 15 is 0 Å². The molecule has 0 heterocycles. The van der Waals surface area contributed by atoms with Crippen LogP contribution in [-0.2, 0) is 9.53 Å². The van der Waals surface area contributed by atoms with E-state index in [1.165, 1.54) is 0 Å². The van der Waals surface area contributed by atoms with E-state index in [0.29, 0.717) is 19.7 Å². The van der Waals surface area contributed by atoms with Crippen molar-refractivity contribution in [2.24, 2.45) is 0 Å². The smallest absolute Gasteiger partial charge is 0.236 e. The Morgan fingerprint density at radius 3 is 2.73 bits per heavy atom. The second-order valence-corrected chi connectivity index (χ2v) is 2.34. The summed E-state index contributed by atoms with van der Waals surface area (Å²) in [6.07, 6.45) is 0. The third kappa shape index (κ3) is 4.75. The molecule has 11 heavy (non-hydrogen) atoms. The van der Waals surface area contributed by atoms with Crippen LogP contribution in [0.15, 0.2) is 0 Å². The van der Waals surface area contributed by atoms with Gasteiger partial charge in [-0.1, -0.05) is 0 Å². The highest BCUT2D eigenvalue weighted by Crippen LogP contribution is 1.82. The second kappa shape index (κ2) is 6.12. The van der Waals surface area contributed by atoms with Crippen LogP contribution in [0.1, 0.15) is 0 Å². The molecule has 66 valence electrons. The molecule has 0 fully saturated rings. The molecule has 0 aromatic rings. The van der Waals surface area contributed by atoms with Gasteiger partial charge in [-0.15, -0.1) is 0 Å². The van der Waals surface area contributed by atoms with Crippen molar-refractivity contribution in [2.75, 3.05) is 40.9 Å². The third-order valence-corrected chi connectivity index (χ3v) is 1.38. The van der Waals surface area contributed by atoms with Crippen LogP contribution in [0.4, 0.5) is 0 Å². The van der Waals surface area contributed by atoms with Crippen LogP contribution in [0.3, 0.4) is 0 Å². The SMILES string of the molecule is CNCC(=O)N(C)CCOC. The molecule has 0 aliphatic carbocycles. The lowest BCUT2D eigenvalue weighted by atomic mass is 10.5. The summed E-state index contributed by atoms with van der Waals surface area (Å²) in [5.74, 6) is 0.0875. The molecule has 4 nitrogen and oxygen atoms in total. The zero-order valence-electron chi connectivity index (χ0n) is 7.39. The van der Waals surface area contributed by atoms with E-state index in [0.717, 1.165) is 0 Å². The molecule has 0 bridgehead atoms. The number of methoxy groups -OCH3 is 1. The number of rotatable bonds is 5. The van der Waals surface area contributed by atoms with Crippen molar-refractivity contribution in [1.29, 1.82) is 0 Å². The Balaban J connectivity index is 3.46. The summed E-state index contributed by atoms with van der Waals surface area (Å²) < 4.78 is 4.83. The van der Waals surface area contributed by atoms with Gasteiger partial charge in [-0.2, -0.15) is 0 Å². The molecule has 0 atom stereocenters. The molecule has 1 amide bonds. The van der Waals surface area contributed by atoms with E-state index in [4.69, 9.17) is 4.74 Å². The van der Waals surface area contributed by atoms with Crippen molar-refractivity contribution in [1.82, 2.24) is 10.2 Å². The number of likely N-dealkylation sites (N-methyl/N-ethyl adjacent to an activating group) is 2. The van der Waals surface area contributed by atoms with Gasteiger partial charge in [0.15, 0.2) is 0 Å². The highest BCUT2D eigenvalue weighted by Gasteiger charge is 2.05. The molecule has 0 spiro atoms.